The molecule has 0 aliphatic carbocycles. The minimum atomic E-state index is -2.42. The van der Waals surface area contributed by atoms with E-state index in [1.54, 1.807) is 0 Å². The first-order valence-electron chi connectivity index (χ1n) is 6.25. The molecule has 0 saturated carbocycles. The zero-order valence-electron chi connectivity index (χ0n) is 10.6. The molecular weight excluding hydrogens is 246 g/mol. The lowest BCUT2D eigenvalue weighted by Gasteiger charge is -2.44. The average molecular weight is 269 g/mol. The normalized spacial score (nSPS) is 32.8. The van der Waals surface area contributed by atoms with Crippen molar-refractivity contribution in [1.82, 2.24) is 10.2 Å². The van der Waals surface area contributed by atoms with E-state index in [-0.39, 0.29) is 30.8 Å². The van der Waals surface area contributed by atoms with Crippen molar-refractivity contribution >= 4 is 12.4 Å². The minimum absolute atomic E-state index is 0. The summed E-state index contributed by atoms with van der Waals surface area (Å²) in [5.74, 6) is -2.42. The van der Waals surface area contributed by atoms with Gasteiger partial charge in [0.1, 0.15) is 0 Å². The summed E-state index contributed by atoms with van der Waals surface area (Å²) in [6.45, 7) is 6.52. The molecule has 102 valence electrons. The Morgan fingerprint density at radius 2 is 1.76 bits per heavy atom. The maximum atomic E-state index is 13.1. The number of likely N-dealkylation sites (tertiary alicyclic amines) is 1. The fourth-order valence-corrected chi connectivity index (χ4v) is 2.87. The maximum Gasteiger partial charge on any atom is 0.250 e. The lowest BCUT2D eigenvalue weighted by molar-refractivity contribution is -0.0676. The number of nitrogens with one attached hydrogen (secondary N) is 1. The number of alkyl halides is 2. The molecule has 2 heterocycles. The zero-order valence-corrected chi connectivity index (χ0v) is 11.5. The highest BCUT2D eigenvalue weighted by Crippen LogP contribution is 2.31. The van der Waals surface area contributed by atoms with Crippen LogP contribution in [0.2, 0.25) is 0 Å². The Hall–Kier alpha value is 0.0700. The van der Waals surface area contributed by atoms with Crippen molar-refractivity contribution in [2.45, 2.75) is 57.0 Å². The zero-order chi connectivity index (χ0) is 11.8. The van der Waals surface area contributed by atoms with Gasteiger partial charge in [0, 0.05) is 37.5 Å². The lowest BCUT2D eigenvalue weighted by Crippen LogP contribution is -2.55. The molecule has 17 heavy (non-hydrogen) atoms. The second-order valence-corrected chi connectivity index (χ2v) is 5.85. The second kappa shape index (κ2) is 5.37. The van der Waals surface area contributed by atoms with Crippen molar-refractivity contribution in [3.05, 3.63) is 0 Å². The van der Waals surface area contributed by atoms with Gasteiger partial charge in [0.25, 0.3) is 5.92 Å². The molecule has 0 bridgehead atoms. The Bertz CT molecular complexity index is 249. The SMILES string of the molecule is CC1(C)CC(N2CCC(F)(F)CC2)CCN1.Cl. The number of rotatable bonds is 1. The van der Waals surface area contributed by atoms with Crippen LogP contribution >= 0.6 is 12.4 Å². The van der Waals surface area contributed by atoms with Gasteiger partial charge >= 0.3 is 0 Å². The summed E-state index contributed by atoms with van der Waals surface area (Å²) in [4.78, 5) is 2.26. The van der Waals surface area contributed by atoms with Crippen molar-refractivity contribution < 1.29 is 8.78 Å². The Labute approximate surface area is 109 Å². The first kappa shape index (κ1) is 15.1. The molecule has 1 N–H and O–H groups in total. The van der Waals surface area contributed by atoms with Crippen molar-refractivity contribution in [2.24, 2.45) is 0 Å². The molecular formula is C12H23ClF2N2. The van der Waals surface area contributed by atoms with Crippen LogP contribution in [-0.4, -0.2) is 42.0 Å². The quantitative estimate of drug-likeness (QED) is 0.787. The van der Waals surface area contributed by atoms with E-state index in [0.717, 1.165) is 19.4 Å². The standard InChI is InChI=1S/C12H22F2N2.ClH/c1-11(2)9-10(3-6-15-11)16-7-4-12(13,14)5-8-16;/h10,15H,3-9H2,1-2H3;1H. The molecule has 0 amide bonds. The third kappa shape index (κ3) is 4.04. The Balaban J connectivity index is 0.00000144. The van der Waals surface area contributed by atoms with Crippen LogP contribution in [0.25, 0.3) is 0 Å². The van der Waals surface area contributed by atoms with E-state index >= 15 is 0 Å². The predicted molar refractivity (Wildman–Crippen MR) is 68.1 cm³/mol. The first-order chi connectivity index (χ1) is 7.38. The molecule has 0 radical (unpaired) electrons. The lowest BCUT2D eigenvalue weighted by atomic mass is 9.87. The molecule has 5 heteroatoms. The number of nitrogens with zero attached hydrogens (tertiary/aromatic N) is 1. The summed E-state index contributed by atoms with van der Waals surface area (Å²) >= 11 is 0. The van der Waals surface area contributed by atoms with Gasteiger partial charge in [0.15, 0.2) is 0 Å². The highest BCUT2D eigenvalue weighted by atomic mass is 35.5. The predicted octanol–water partition coefficient (Wildman–Crippen LogP) is 2.67. The minimum Gasteiger partial charge on any atom is -0.312 e. The van der Waals surface area contributed by atoms with Gasteiger partial charge in [-0.05, 0) is 33.2 Å². The van der Waals surface area contributed by atoms with E-state index in [9.17, 15) is 8.78 Å². The van der Waals surface area contributed by atoms with Crippen LogP contribution in [0.4, 0.5) is 8.78 Å². The van der Waals surface area contributed by atoms with Crippen LogP contribution in [-0.2, 0) is 0 Å². The van der Waals surface area contributed by atoms with E-state index in [1.165, 1.54) is 0 Å². The Kier molecular flexibility index (Phi) is 4.78. The summed E-state index contributed by atoms with van der Waals surface area (Å²) < 4.78 is 26.1. The van der Waals surface area contributed by atoms with E-state index in [1.807, 2.05) is 0 Å². The molecule has 2 aliphatic rings. The van der Waals surface area contributed by atoms with Gasteiger partial charge in [-0.3, -0.25) is 4.90 Å². The monoisotopic (exact) mass is 268 g/mol. The van der Waals surface area contributed by atoms with Crippen LogP contribution in [0.1, 0.15) is 39.5 Å². The third-order valence-electron chi connectivity index (χ3n) is 3.87. The van der Waals surface area contributed by atoms with Crippen molar-refractivity contribution in [1.29, 1.82) is 0 Å². The summed E-state index contributed by atoms with van der Waals surface area (Å²) in [6.07, 6.45) is 2.24. The summed E-state index contributed by atoms with van der Waals surface area (Å²) in [5.41, 5.74) is 0.156. The molecule has 1 atom stereocenters. The number of hydrogen-bond donors (Lipinski definition) is 1. The van der Waals surface area contributed by atoms with Crippen LogP contribution < -0.4 is 5.32 Å². The van der Waals surface area contributed by atoms with Crippen LogP contribution in [0.15, 0.2) is 0 Å². The van der Waals surface area contributed by atoms with Crippen molar-refractivity contribution in [2.75, 3.05) is 19.6 Å². The second-order valence-electron chi connectivity index (χ2n) is 5.85. The van der Waals surface area contributed by atoms with Crippen LogP contribution in [0, 0.1) is 0 Å². The molecule has 1 unspecified atom stereocenters. The molecule has 2 fully saturated rings. The van der Waals surface area contributed by atoms with E-state index in [4.69, 9.17) is 0 Å². The Morgan fingerprint density at radius 1 is 1.18 bits per heavy atom. The smallest absolute Gasteiger partial charge is 0.250 e. The summed E-state index contributed by atoms with van der Waals surface area (Å²) in [5, 5.41) is 3.47. The summed E-state index contributed by atoms with van der Waals surface area (Å²) in [7, 11) is 0. The first-order valence-corrected chi connectivity index (χ1v) is 6.25. The third-order valence-corrected chi connectivity index (χ3v) is 3.87. The van der Waals surface area contributed by atoms with Gasteiger partial charge in [0.05, 0.1) is 0 Å². The van der Waals surface area contributed by atoms with Gasteiger partial charge in [0.2, 0.25) is 0 Å². The van der Waals surface area contributed by atoms with Gasteiger partial charge in [-0.1, -0.05) is 0 Å². The average Bonchev–Trinajstić information content (AvgIpc) is 2.16. The molecule has 2 rings (SSSR count). The number of hydrogen-bond acceptors (Lipinski definition) is 2. The van der Waals surface area contributed by atoms with Gasteiger partial charge in [-0.2, -0.15) is 0 Å². The van der Waals surface area contributed by atoms with E-state index in [2.05, 4.69) is 24.1 Å². The molecule has 0 aromatic carbocycles. The molecule has 2 nitrogen and oxygen atoms in total. The number of piperidine rings is 2. The van der Waals surface area contributed by atoms with Crippen molar-refractivity contribution in [3.8, 4) is 0 Å². The van der Waals surface area contributed by atoms with Gasteiger partial charge in [-0.15, -0.1) is 12.4 Å². The molecule has 0 spiro atoms. The van der Waals surface area contributed by atoms with Crippen molar-refractivity contribution in [3.63, 3.8) is 0 Å². The maximum absolute atomic E-state index is 13.1. The molecule has 2 saturated heterocycles. The Morgan fingerprint density at radius 3 is 2.29 bits per heavy atom. The molecule has 2 aliphatic heterocycles. The molecule has 0 aromatic heterocycles. The largest absolute Gasteiger partial charge is 0.312 e. The van der Waals surface area contributed by atoms with Crippen LogP contribution in [0.3, 0.4) is 0 Å². The highest BCUT2D eigenvalue weighted by Gasteiger charge is 2.38. The summed E-state index contributed by atoms with van der Waals surface area (Å²) in [6, 6.07) is 0.493. The number of halogens is 3. The molecule has 0 aromatic rings. The van der Waals surface area contributed by atoms with Gasteiger partial charge in [-0.25, -0.2) is 8.78 Å². The van der Waals surface area contributed by atoms with E-state index < -0.39 is 5.92 Å². The highest BCUT2D eigenvalue weighted by molar-refractivity contribution is 5.85. The van der Waals surface area contributed by atoms with E-state index in [0.29, 0.717) is 19.1 Å². The van der Waals surface area contributed by atoms with Gasteiger partial charge < -0.3 is 5.32 Å². The van der Waals surface area contributed by atoms with Crippen LogP contribution in [0.5, 0.6) is 0 Å². The topological polar surface area (TPSA) is 15.3 Å². The fourth-order valence-electron chi connectivity index (χ4n) is 2.87. The fraction of sp³-hybridized carbons (Fsp3) is 1.00.